The van der Waals surface area contributed by atoms with Crippen LogP contribution in [0, 0.1) is 0 Å². The summed E-state index contributed by atoms with van der Waals surface area (Å²) in [7, 11) is 5.72. The van der Waals surface area contributed by atoms with Gasteiger partial charge in [0.25, 0.3) is 0 Å². The summed E-state index contributed by atoms with van der Waals surface area (Å²) in [6.07, 6.45) is 5.73. The number of halogens is 2. The van der Waals surface area contributed by atoms with Crippen LogP contribution in [0.2, 0.25) is 10.0 Å². The van der Waals surface area contributed by atoms with Crippen LogP contribution in [0.5, 0.6) is 0 Å². The Balaban J connectivity index is 1.78. The zero-order valence-corrected chi connectivity index (χ0v) is 15.8. The molecule has 7 heteroatoms. The standard InChI is InChI=1S/C17H23Cl2N5/c1-20-17(23(2)11-13-10-22-24(3)12-13)21-8-4-5-14-6-7-15(18)9-16(14)19/h6-7,9-10,12H,4-5,8,11H2,1-3H3,(H,20,21). The number of aryl methyl sites for hydroxylation is 2. The van der Waals surface area contributed by atoms with Gasteiger partial charge in [-0.15, -0.1) is 0 Å². The summed E-state index contributed by atoms with van der Waals surface area (Å²) in [6, 6.07) is 5.64. The molecule has 1 aromatic carbocycles. The summed E-state index contributed by atoms with van der Waals surface area (Å²) in [6.45, 7) is 1.58. The van der Waals surface area contributed by atoms with Gasteiger partial charge in [0.15, 0.2) is 5.96 Å². The Bertz CT molecular complexity index is 696. The third kappa shape index (κ3) is 5.42. The average molecular weight is 368 g/mol. The van der Waals surface area contributed by atoms with Crippen LogP contribution < -0.4 is 5.32 Å². The SMILES string of the molecule is CN=C(NCCCc1ccc(Cl)cc1Cl)N(C)Cc1cnn(C)c1. The molecule has 24 heavy (non-hydrogen) atoms. The largest absolute Gasteiger partial charge is 0.356 e. The van der Waals surface area contributed by atoms with Crippen molar-refractivity contribution in [2.75, 3.05) is 20.6 Å². The number of hydrogen-bond acceptors (Lipinski definition) is 2. The molecule has 0 fully saturated rings. The zero-order valence-electron chi connectivity index (χ0n) is 14.3. The topological polar surface area (TPSA) is 45.5 Å². The Hall–Kier alpha value is -1.72. The van der Waals surface area contributed by atoms with Crippen molar-refractivity contribution < 1.29 is 0 Å². The summed E-state index contributed by atoms with van der Waals surface area (Å²) in [5.74, 6) is 0.862. The molecule has 0 atom stereocenters. The Labute approximate surface area is 153 Å². The molecule has 0 saturated heterocycles. The van der Waals surface area contributed by atoms with Crippen LogP contribution in [0.25, 0.3) is 0 Å². The molecule has 0 spiro atoms. The molecule has 5 nitrogen and oxygen atoms in total. The third-order valence-corrected chi connectivity index (χ3v) is 4.26. The second-order valence-corrected chi connectivity index (χ2v) is 6.54. The van der Waals surface area contributed by atoms with Crippen LogP contribution in [0.4, 0.5) is 0 Å². The van der Waals surface area contributed by atoms with Crippen molar-refractivity contribution in [2.24, 2.45) is 12.0 Å². The van der Waals surface area contributed by atoms with Crippen LogP contribution in [-0.4, -0.2) is 41.3 Å². The first-order valence-corrected chi connectivity index (χ1v) is 8.58. The molecule has 0 saturated carbocycles. The lowest BCUT2D eigenvalue weighted by Gasteiger charge is -2.21. The first-order chi connectivity index (χ1) is 11.5. The van der Waals surface area contributed by atoms with E-state index in [1.54, 1.807) is 17.8 Å². The maximum Gasteiger partial charge on any atom is 0.193 e. The van der Waals surface area contributed by atoms with E-state index in [0.717, 1.165) is 48.0 Å². The number of rotatable bonds is 6. The van der Waals surface area contributed by atoms with E-state index in [9.17, 15) is 0 Å². The van der Waals surface area contributed by atoms with Gasteiger partial charge >= 0.3 is 0 Å². The molecule has 1 aromatic heterocycles. The molecule has 0 bridgehead atoms. The van der Waals surface area contributed by atoms with Gasteiger partial charge in [-0.3, -0.25) is 9.67 Å². The average Bonchev–Trinajstić information content (AvgIpc) is 2.94. The van der Waals surface area contributed by atoms with Crippen molar-refractivity contribution >= 4 is 29.2 Å². The number of nitrogens with zero attached hydrogens (tertiary/aromatic N) is 4. The lowest BCUT2D eigenvalue weighted by atomic mass is 10.1. The number of aliphatic imine (C=N–C) groups is 1. The lowest BCUT2D eigenvalue weighted by Crippen LogP contribution is -2.38. The maximum atomic E-state index is 6.20. The minimum Gasteiger partial charge on any atom is -0.356 e. The molecule has 130 valence electrons. The van der Waals surface area contributed by atoms with Gasteiger partial charge in [-0.1, -0.05) is 29.3 Å². The maximum absolute atomic E-state index is 6.20. The molecule has 0 radical (unpaired) electrons. The van der Waals surface area contributed by atoms with Crippen LogP contribution in [-0.2, 0) is 20.0 Å². The van der Waals surface area contributed by atoms with Gasteiger partial charge in [0.05, 0.1) is 6.20 Å². The highest BCUT2D eigenvalue weighted by Crippen LogP contribution is 2.21. The Morgan fingerprint density at radius 2 is 2.17 bits per heavy atom. The first kappa shape index (κ1) is 18.6. The second kappa shape index (κ2) is 8.94. The van der Waals surface area contributed by atoms with E-state index >= 15 is 0 Å². The highest BCUT2D eigenvalue weighted by atomic mass is 35.5. The normalized spacial score (nSPS) is 11.6. The first-order valence-electron chi connectivity index (χ1n) is 7.83. The molecule has 0 aliphatic heterocycles. The smallest absolute Gasteiger partial charge is 0.193 e. The zero-order chi connectivity index (χ0) is 17.5. The van der Waals surface area contributed by atoms with Gasteiger partial charge in [-0.05, 0) is 30.5 Å². The molecular formula is C17H23Cl2N5. The van der Waals surface area contributed by atoms with Crippen molar-refractivity contribution in [3.05, 3.63) is 51.8 Å². The van der Waals surface area contributed by atoms with Gasteiger partial charge in [-0.2, -0.15) is 5.10 Å². The predicted octanol–water partition coefficient (Wildman–Crippen LogP) is 3.37. The molecule has 2 rings (SSSR count). The van der Waals surface area contributed by atoms with Crippen molar-refractivity contribution in [2.45, 2.75) is 19.4 Å². The van der Waals surface area contributed by atoms with E-state index in [0.29, 0.717) is 5.02 Å². The number of guanidine groups is 1. The summed E-state index contributed by atoms with van der Waals surface area (Å²) in [5, 5.41) is 8.95. The predicted molar refractivity (Wildman–Crippen MR) is 101 cm³/mol. The Morgan fingerprint density at radius 1 is 1.38 bits per heavy atom. The fraction of sp³-hybridized carbons (Fsp3) is 0.412. The molecule has 2 aromatic rings. The van der Waals surface area contributed by atoms with E-state index in [1.807, 2.05) is 38.6 Å². The minimum atomic E-state index is 0.666. The second-order valence-electron chi connectivity index (χ2n) is 5.69. The molecule has 1 heterocycles. The van der Waals surface area contributed by atoms with Gasteiger partial charge in [0.1, 0.15) is 0 Å². The summed E-state index contributed by atoms with van der Waals surface area (Å²) in [5.41, 5.74) is 2.26. The van der Waals surface area contributed by atoms with Crippen molar-refractivity contribution in [1.29, 1.82) is 0 Å². The Morgan fingerprint density at radius 3 is 2.79 bits per heavy atom. The summed E-state index contributed by atoms with van der Waals surface area (Å²) >= 11 is 12.1. The van der Waals surface area contributed by atoms with Gasteiger partial charge in [-0.25, -0.2) is 0 Å². The number of aromatic nitrogens is 2. The molecular weight excluding hydrogens is 345 g/mol. The van der Waals surface area contributed by atoms with Crippen LogP contribution >= 0.6 is 23.2 Å². The van der Waals surface area contributed by atoms with Crippen LogP contribution in [0.1, 0.15) is 17.5 Å². The fourth-order valence-electron chi connectivity index (χ4n) is 2.49. The monoisotopic (exact) mass is 367 g/mol. The van der Waals surface area contributed by atoms with E-state index in [-0.39, 0.29) is 0 Å². The van der Waals surface area contributed by atoms with Crippen molar-refractivity contribution in [3.8, 4) is 0 Å². The van der Waals surface area contributed by atoms with Crippen LogP contribution in [0.15, 0.2) is 35.6 Å². The quantitative estimate of drug-likeness (QED) is 0.483. The van der Waals surface area contributed by atoms with Gasteiger partial charge in [0.2, 0.25) is 0 Å². The van der Waals surface area contributed by atoms with E-state index in [1.165, 1.54) is 0 Å². The number of hydrogen-bond donors (Lipinski definition) is 1. The molecule has 0 aliphatic carbocycles. The van der Waals surface area contributed by atoms with E-state index in [4.69, 9.17) is 23.2 Å². The molecule has 1 N–H and O–H groups in total. The molecule has 0 aliphatic rings. The summed E-state index contributed by atoms with van der Waals surface area (Å²) < 4.78 is 1.80. The summed E-state index contributed by atoms with van der Waals surface area (Å²) in [4.78, 5) is 6.40. The highest BCUT2D eigenvalue weighted by Gasteiger charge is 2.08. The van der Waals surface area contributed by atoms with E-state index < -0.39 is 0 Å². The van der Waals surface area contributed by atoms with Crippen molar-refractivity contribution in [3.63, 3.8) is 0 Å². The van der Waals surface area contributed by atoms with Gasteiger partial charge < -0.3 is 10.2 Å². The van der Waals surface area contributed by atoms with Gasteiger partial charge in [0, 0.05) is 56.0 Å². The molecule has 0 amide bonds. The minimum absolute atomic E-state index is 0.666. The third-order valence-electron chi connectivity index (χ3n) is 3.67. The molecule has 0 unspecified atom stereocenters. The fourth-order valence-corrected chi connectivity index (χ4v) is 2.99. The lowest BCUT2D eigenvalue weighted by molar-refractivity contribution is 0.475. The number of nitrogens with one attached hydrogen (secondary N) is 1. The van der Waals surface area contributed by atoms with Crippen molar-refractivity contribution in [1.82, 2.24) is 20.0 Å². The Kier molecular flexibility index (Phi) is 6.94. The van der Waals surface area contributed by atoms with Crippen LogP contribution in [0.3, 0.4) is 0 Å². The highest BCUT2D eigenvalue weighted by molar-refractivity contribution is 6.35. The number of benzene rings is 1. The van der Waals surface area contributed by atoms with E-state index in [2.05, 4.69) is 20.3 Å².